The van der Waals surface area contributed by atoms with Crippen LogP contribution < -0.4 is 5.73 Å². The number of hydrogen-bond donors (Lipinski definition) is 1. The molecule has 2 N–H and O–H groups in total. The molecule has 0 saturated heterocycles. The molecule has 18 heavy (non-hydrogen) atoms. The summed E-state index contributed by atoms with van der Waals surface area (Å²) >= 11 is 0. The smallest absolute Gasteiger partial charge is 0.227 e. The van der Waals surface area contributed by atoms with Crippen molar-refractivity contribution in [3.05, 3.63) is 35.4 Å². The molecular formula is C15H22N2O. The minimum atomic E-state index is -0.0391. The Morgan fingerprint density at radius 2 is 2.22 bits per heavy atom. The molecule has 3 heteroatoms. The van der Waals surface area contributed by atoms with Gasteiger partial charge in [-0.05, 0) is 30.4 Å². The highest BCUT2D eigenvalue weighted by molar-refractivity contribution is 5.79. The van der Waals surface area contributed by atoms with Gasteiger partial charge in [0.2, 0.25) is 5.91 Å². The zero-order valence-corrected chi connectivity index (χ0v) is 11.2. The van der Waals surface area contributed by atoms with E-state index in [4.69, 9.17) is 5.73 Å². The van der Waals surface area contributed by atoms with Crippen molar-refractivity contribution >= 4 is 5.91 Å². The van der Waals surface area contributed by atoms with Gasteiger partial charge in [-0.2, -0.15) is 0 Å². The van der Waals surface area contributed by atoms with E-state index in [0.717, 1.165) is 19.3 Å². The van der Waals surface area contributed by atoms with Gasteiger partial charge in [0, 0.05) is 13.6 Å². The van der Waals surface area contributed by atoms with Crippen LogP contribution in [0.15, 0.2) is 24.3 Å². The summed E-state index contributed by atoms with van der Waals surface area (Å²) in [4.78, 5) is 14.2. The standard InChI is InChI=1S/C15H22N2O/c1-3-11(10-16)15(18)17(2)14-9-8-12-6-4-5-7-13(12)14/h4-7,11,14H,3,8-10,16H2,1-2H3. The van der Waals surface area contributed by atoms with Crippen molar-refractivity contribution in [1.82, 2.24) is 4.90 Å². The number of nitrogens with two attached hydrogens (primary N) is 1. The first kappa shape index (κ1) is 13.1. The number of fused-ring (bicyclic) bond motifs is 1. The molecule has 2 rings (SSSR count). The summed E-state index contributed by atoms with van der Waals surface area (Å²) in [5.41, 5.74) is 8.35. The van der Waals surface area contributed by atoms with E-state index in [9.17, 15) is 4.79 Å². The highest BCUT2D eigenvalue weighted by Gasteiger charge is 2.30. The van der Waals surface area contributed by atoms with Gasteiger partial charge < -0.3 is 10.6 Å². The van der Waals surface area contributed by atoms with E-state index in [1.54, 1.807) is 0 Å². The predicted octanol–water partition coefficient (Wildman–Crippen LogP) is 2.12. The number of carbonyl (C=O) groups excluding carboxylic acids is 1. The maximum Gasteiger partial charge on any atom is 0.227 e. The summed E-state index contributed by atoms with van der Waals surface area (Å²) in [7, 11) is 1.91. The maximum atomic E-state index is 12.3. The van der Waals surface area contributed by atoms with Crippen LogP contribution in [0.25, 0.3) is 0 Å². The summed E-state index contributed by atoms with van der Waals surface area (Å²) in [6.45, 7) is 2.46. The monoisotopic (exact) mass is 246 g/mol. The van der Waals surface area contributed by atoms with Crippen LogP contribution in [0, 0.1) is 5.92 Å². The van der Waals surface area contributed by atoms with Gasteiger partial charge in [0.15, 0.2) is 0 Å². The zero-order valence-electron chi connectivity index (χ0n) is 11.2. The number of rotatable bonds is 4. The van der Waals surface area contributed by atoms with Crippen molar-refractivity contribution < 1.29 is 4.79 Å². The number of benzene rings is 1. The van der Waals surface area contributed by atoms with Crippen molar-refractivity contribution in [2.45, 2.75) is 32.2 Å². The second-order valence-corrected chi connectivity index (χ2v) is 5.04. The van der Waals surface area contributed by atoms with E-state index in [1.165, 1.54) is 11.1 Å². The largest absolute Gasteiger partial charge is 0.338 e. The third-order valence-electron chi connectivity index (χ3n) is 4.04. The van der Waals surface area contributed by atoms with Crippen LogP contribution in [0.4, 0.5) is 0 Å². The molecule has 98 valence electrons. The molecule has 1 aliphatic carbocycles. The topological polar surface area (TPSA) is 46.3 Å². The van der Waals surface area contributed by atoms with Crippen LogP contribution in [-0.4, -0.2) is 24.4 Å². The summed E-state index contributed by atoms with van der Waals surface area (Å²) in [6, 6.07) is 8.65. The first-order valence-corrected chi connectivity index (χ1v) is 6.73. The van der Waals surface area contributed by atoms with Gasteiger partial charge >= 0.3 is 0 Å². The highest BCUT2D eigenvalue weighted by Crippen LogP contribution is 2.35. The zero-order chi connectivity index (χ0) is 13.1. The van der Waals surface area contributed by atoms with Crippen molar-refractivity contribution in [1.29, 1.82) is 0 Å². The lowest BCUT2D eigenvalue weighted by molar-refractivity contribution is -0.136. The molecule has 0 radical (unpaired) electrons. The second-order valence-electron chi connectivity index (χ2n) is 5.04. The molecule has 0 aromatic heterocycles. The molecule has 1 aromatic rings. The molecule has 0 heterocycles. The Morgan fingerprint density at radius 3 is 2.89 bits per heavy atom. The lowest BCUT2D eigenvalue weighted by Crippen LogP contribution is -2.38. The third kappa shape index (κ3) is 2.27. The molecule has 2 unspecified atom stereocenters. The van der Waals surface area contributed by atoms with E-state index >= 15 is 0 Å². The molecule has 0 fully saturated rings. The van der Waals surface area contributed by atoms with E-state index in [0.29, 0.717) is 6.54 Å². The minimum absolute atomic E-state index is 0.0391. The van der Waals surface area contributed by atoms with Gasteiger partial charge in [-0.3, -0.25) is 4.79 Å². The molecule has 0 spiro atoms. The van der Waals surface area contributed by atoms with Gasteiger partial charge in [0.25, 0.3) is 0 Å². The van der Waals surface area contributed by atoms with Gasteiger partial charge in [-0.15, -0.1) is 0 Å². The SMILES string of the molecule is CCC(CN)C(=O)N(C)C1CCc2ccccc21. The number of carbonyl (C=O) groups is 1. The average molecular weight is 246 g/mol. The molecule has 1 aromatic carbocycles. The Labute approximate surface area is 109 Å². The van der Waals surface area contributed by atoms with Crippen molar-refractivity contribution in [2.24, 2.45) is 11.7 Å². The van der Waals surface area contributed by atoms with E-state index in [2.05, 4.69) is 24.3 Å². The molecule has 0 aliphatic heterocycles. The first-order chi connectivity index (χ1) is 8.69. The fraction of sp³-hybridized carbons (Fsp3) is 0.533. The summed E-state index contributed by atoms with van der Waals surface area (Å²) in [5.74, 6) is 0.143. The molecule has 3 nitrogen and oxygen atoms in total. The molecule has 1 amide bonds. The molecular weight excluding hydrogens is 224 g/mol. The van der Waals surface area contributed by atoms with Crippen LogP contribution in [0.2, 0.25) is 0 Å². The Morgan fingerprint density at radius 1 is 1.50 bits per heavy atom. The molecule has 0 bridgehead atoms. The minimum Gasteiger partial charge on any atom is -0.338 e. The maximum absolute atomic E-state index is 12.3. The van der Waals surface area contributed by atoms with Crippen LogP contribution in [0.1, 0.15) is 36.9 Å². The van der Waals surface area contributed by atoms with E-state index < -0.39 is 0 Å². The van der Waals surface area contributed by atoms with Crippen molar-refractivity contribution in [3.63, 3.8) is 0 Å². The molecule has 1 aliphatic rings. The first-order valence-electron chi connectivity index (χ1n) is 6.73. The second kappa shape index (κ2) is 5.53. The summed E-state index contributed by atoms with van der Waals surface area (Å²) < 4.78 is 0. The van der Waals surface area contributed by atoms with Gasteiger partial charge in [-0.25, -0.2) is 0 Å². The number of aryl methyl sites for hydroxylation is 1. The van der Waals surface area contributed by atoms with Crippen LogP contribution in [0.3, 0.4) is 0 Å². The predicted molar refractivity (Wildman–Crippen MR) is 73.1 cm³/mol. The molecule has 0 saturated carbocycles. The fourth-order valence-corrected chi connectivity index (χ4v) is 2.82. The van der Waals surface area contributed by atoms with Crippen LogP contribution in [0.5, 0.6) is 0 Å². The van der Waals surface area contributed by atoms with E-state index in [-0.39, 0.29) is 17.9 Å². The Bertz CT molecular complexity index is 426. The third-order valence-corrected chi connectivity index (χ3v) is 4.04. The Balaban J connectivity index is 2.16. The normalized spacial score (nSPS) is 19.4. The average Bonchev–Trinajstić information content (AvgIpc) is 2.83. The lowest BCUT2D eigenvalue weighted by Gasteiger charge is -2.28. The van der Waals surface area contributed by atoms with Gasteiger partial charge in [0.05, 0.1) is 12.0 Å². The van der Waals surface area contributed by atoms with E-state index in [1.807, 2.05) is 18.9 Å². The quantitative estimate of drug-likeness (QED) is 0.884. The number of hydrogen-bond acceptors (Lipinski definition) is 2. The van der Waals surface area contributed by atoms with Crippen LogP contribution >= 0.6 is 0 Å². The van der Waals surface area contributed by atoms with Crippen molar-refractivity contribution in [2.75, 3.05) is 13.6 Å². The summed E-state index contributed by atoms with van der Waals surface area (Å²) in [6.07, 6.45) is 2.91. The van der Waals surface area contributed by atoms with Crippen molar-refractivity contribution in [3.8, 4) is 0 Å². The Hall–Kier alpha value is -1.35. The van der Waals surface area contributed by atoms with Gasteiger partial charge in [-0.1, -0.05) is 31.2 Å². The Kier molecular flexibility index (Phi) is 4.02. The summed E-state index contributed by atoms with van der Waals surface area (Å²) in [5, 5.41) is 0. The number of nitrogens with zero attached hydrogens (tertiary/aromatic N) is 1. The van der Waals surface area contributed by atoms with Gasteiger partial charge in [0.1, 0.15) is 0 Å². The fourth-order valence-electron chi connectivity index (χ4n) is 2.82. The molecule has 2 atom stereocenters. The highest BCUT2D eigenvalue weighted by atomic mass is 16.2. The van der Waals surface area contributed by atoms with Crippen LogP contribution in [-0.2, 0) is 11.2 Å². The number of amides is 1. The lowest BCUT2D eigenvalue weighted by atomic mass is 10.0.